The van der Waals surface area contributed by atoms with Crippen molar-refractivity contribution in [3.8, 4) is 11.3 Å². The Morgan fingerprint density at radius 3 is 2.61 bits per heavy atom. The average Bonchev–Trinajstić information content (AvgIpc) is 2.66. The number of ether oxygens (including phenoxy) is 1. The maximum absolute atomic E-state index is 12.6. The van der Waals surface area contributed by atoms with E-state index < -0.39 is 18.9 Å². The molecule has 0 saturated heterocycles. The van der Waals surface area contributed by atoms with Gasteiger partial charge in [0.05, 0.1) is 23.1 Å². The molecule has 4 nitrogen and oxygen atoms in total. The Labute approximate surface area is 162 Å². The third-order valence-electron chi connectivity index (χ3n) is 4.84. The van der Waals surface area contributed by atoms with E-state index in [4.69, 9.17) is 4.74 Å². The molecule has 1 amide bonds. The van der Waals surface area contributed by atoms with Crippen molar-refractivity contribution >= 4 is 5.91 Å². The predicted octanol–water partition coefficient (Wildman–Crippen LogP) is 4.68. The zero-order chi connectivity index (χ0) is 20.1. The summed E-state index contributed by atoms with van der Waals surface area (Å²) < 4.78 is 42.0. The highest BCUT2D eigenvalue weighted by molar-refractivity contribution is 5.95. The highest BCUT2D eigenvalue weighted by Gasteiger charge is 2.31. The Hall–Kier alpha value is -2.41. The summed E-state index contributed by atoms with van der Waals surface area (Å²) in [6.07, 6.45) is -2.41. The molecule has 1 N–H and O–H groups in total. The minimum absolute atomic E-state index is 0.201. The van der Waals surface area contributed by atoms with Crippen molar-refractivity contribution < 1.29 is 22.7 Å². The van der Waals surface area contributed by atoms with Gasteiger partial charge in [-0.3, -0.25) is 9.78 Å². The third-order valence-corrected chi connectivity index (χ3v) is 4.84. The molecule has 1 aromatic carbocycles. The Bertz CT molecular complexity index is 809. The van der Waals surface area contributed by atoms with Crippen molar-refractivity contribution in [3.05, 3.63) is 53.7 Å². The summed E-state index contributed by atoms with van der Waals surface area (Å²) >= 11 is 0. The van der Waals surface area contributed by atoms with Gasteiger partial charge in [-0.05, 0) is 44.7 Å². The van der Waals surface area contributed by atoms with Crippen LogP contribution in [0.15, 0.2) is 42.5 Å². The molecule has 150 valence electrons. The third kappa shape index (κ3) is 5.55. The number of carbonyl (C=O) groups excluding carboxylic acids is 1. The van der Waals surface area contributed by atoms with E-state index in [-0.39, 0.29) is 11.9 Å². The molecule has 0 aliphatic heterocycles. The topological polar surface area (TPSA) is 51.2 Å². The second kappa shape index (κ2) is 8.73. The summed E-state index contributed by atoms with van der Waals surface area (Å²) in [5.41, 5.74) is 2.83. The number of nitrogens with zero attached hydrogens (tertiary/aromatic N) is 1. The molecule has 1 fully saturated rings. The summed E-state index contributed by atoms with van der Waals surface area (Å²) in [5.74, 6) is -0.258. The summed E-state index contributed by atoms with van der Waals surface area (Å²) in [6.45, 7) is 0.528. The quantitative estimate of drug-likeness (QED) is 0.804. The Morgan fingerprint density at radius 1 is 1.18 bits per heavy atom. The molecule has 2 unspecified atom stereocenters. The van der Waals surface area contributed by atoms with E-state index in [1.807, 2.05) is 30.3 Å². The highest BCUT2D eigenvalue weighted by atomic mass is 19.4. The first-order valence-electron chi connectivity index (χ1n) is 9.34. The van der Waals surface area contributed by atoms with Crippen molar-refractivity contribution in [2.75, 3.05) is 6.61 Å². The average molecular weight is 392 g/mol. The summed E-state index contributed by atoms with van der Waals surface area (Å²) in [4.78, 5) is 17.2. The molecule has 1 aromatic heterocycles. The minimum Gasteiger partial charge on any atom is -0.369 e. The summed E-state index contributed by atoms with van der Waals surface area (Å²) in [7, 11) is 0. The van der Waals surface area contributed by atoms with Crippen molar-refractivity contribution in [1.29, 1.82) is 0 Å². The van der Waals surface area contributed by atoms with E-state index in [1.54, 1.807) is 19.1 Å². The lowest BCUT2D eigenvalue weighted by Gasteiger charge is -2.30. The normalized spacial score (nSPS) is 20.0. The standard InChI is InChI=1S/C21H23F3N2O2/c1-14-18(10-11-19(25-14)15-6-3-2-4-7-15)20(27)26-16-8-5-9-17(12-16)28-13-21(22,23)24/h2-4,6-7,10-11,16-17H,5,8-9,12-13H2,1H3,(H,26,27). The fourth-order valence-electron chi connectivity index (χ4n) is 3.47. The van der Waals surface area contributed by atoms with Gasteiger partial charge in [-0.1, -0.05) is 30.3 Å². The first-order chi connectivity index (χ1) is 13.3. The number of aromatic nitrogens is 1. The molecule has 1 saturated carbocycles. The van der Waals surface area contributed by atoms with E-state index in [0.29, 0.717) is 24.1 Å². The lowest BCUT2D eigenvalue weighted by atomic mass is 9.92. The van der Waals surface area contributed by atoms with Crippen LogP contribution in [-0.4, -0.2) is 35.8 Å². The van der Waals surface area contributed by atoms with Crippen LogP contribution in [-0.2, 0) is 4.74 Å². The molecule has 2 aromatic rings. The minimum atomic E-state index is -4.33. The van der Waals surface area contributed by atoms with Gasteiger partial charge in [-0.2, -0.15) is 13.2 Å². The van der Waals surface area contributed by atoms with Crippen LogP contribution in [0.4, 0.5) is 13.2 Å². The van der Waals surface area contributed by atoms with Crippen LogP contribution in [0.1, 0.15) is 41.7 Å². The molecular weight excluding hydrogens is 369 g/mol. The molecule has 0 spiro atoms. The van der Waals surface area contributed by atoms with Gasteiger partial charge >= 0.3 is 6.18 Å². The van der Waals surface area contributed by atoms with Crippen molar-refractivity contribution in [2.24, 2.45) is 0 Å². The molecule has 0 bridgehead atoms. The molecule has 1 heterocycles. The van der Waals surface area contributed by atoms with E-state index in [0.717, 1.165) is 24.1 Å². The molecule has 1 aliphatic rings. The molecule has 2 atom stereocenters. The largest absolute Gasteiger partial charge is 0.411 e. The Balaban J connectivity index is 1.61. The number of aryl methyl sites for hydroxylation is 1. The number of amides is 1. The molecule has 1 aliphatic carbocycles. The maximum atomic E-state index is 12.6. The van der Waals surface area contributed by atoms with Crippen LogP contribution in [0.3, 0.4) is 0 Å². The monoisotopic (exact) mass is 392 g/mol. The van der Waals surface area contributed by atoms with E-state index in [1.165, 1.54) is 0 Å². The van der Waals surface area contributed by atoms with Gasteiger partial charge in [0.2, 0.25) is 0 Å². The summed E-state index contributed by atoms with van der Waals surface area (Å²) in [6, 6.07) is 13.0. The van der Waals surface area contributed by atoms with E-state index >= 15 is 0 Å². The van der Waals surface area contributed by atoms with Crippen molar-refractivity contribution in [1.82, 2.24) is 10.3 Å². The number of alkyl halides is 3. The van der Waals surface area contributed by atoms with Crippen LogP contribution >= 0.6 is 0 Å². The lowest BCUT2D eigenvalue weighted by molar-refractivity contribution is -0.188. The van der Waals surface area contributed by atoms with Gasteiger partial charge in [-0.25, -0.2) is 0 Å². The number of rotatable bonds is 5. The summed E-state index contributed by atoms with van der Waals surface area (Å²) in [5, 5.41) is 2.92. The number of carbonyl (C=O) groups is 1. The van der Waals surface area contributed by atoms with Crippen LogP contribution in [0.5, 0.6) is 0 Å². The van der Waals surface area contributed by atoms with Crippen molar-refractivity contribution in [3.63, 3.8) is 0 Å². The number of benzene rings is 1. The first kappa shape index (κ1) is 20.3. The smallest absolute Gasteiger partial charge is 0.369 e. The molecule has 7 heteroatoms. The SMILES string of the molecule is Cc1nc(-c2ccccc2)ccc1C(=O)NC1CCCC(OCC(F)(F)F)C1. The van der Waals surface area contributed by atoms with Gasteiger partial charge in [0.1, 0.15) is 6.61 Å². The zero-order valence-electron chi connectivity index (χ0n) is 15.6. The molecular formula is C21H23F3N2O2. The Kier molecular flexibility index (Phi) is 6.34. The van der Waals surface area contributed by atoms with Gasteiger partial charge < -0.3 is 10.1 Å². The highest BCUT2D eigenvalue weighted by Crippen LogP contribution is 2.25. The van der Waals surface area contributed by atoms with Crippen molar-refractivity contribution in [2.45, 2.75) is 50.9 Å². The second-order valence-corrected chi connectivity index (χ2v) is 7.08. The second-order valence-electron chi connectivity index (χ2n) is 7.08. The van der Waals surface area contributed by atoms with Gasteiger partial charge in [-0.15, -0.1) is 0 Å². The Morgan fingerprint density at radius 2 is 1.93 bits per heavy atom. The molecule has 0 radical (unpaired) electrons. The van der Waals surface area contributed by atoms with Crippen LogP contribution < -0.4 is 5.32 Å². The number of nitrogens with one attached hydrogen (secondary N) is 1. The van der Waals surface area contributed by atoms with E-state index in [2.05, 4.69) is 10.3 Å². The van der Waals surface area contributed by atoms with Gasteiger partial charge in [0.15, 0.2) is 0 Å². The lowest BCUT2D eigenvalue weighted by Crippen LogP contribution is -2.41. The van der Waals surface area contributed by atoms with Crippen LogP contribution in [0.2, 0.25) is 0 Å². The first-order valence-corrected chi connectivity index (χ1v) is 9.34. The predicted molar refractivity (Wildman–Crippen MR) is 99.9 cm³/mol. The van der Waals surface area contributed by atoms with E-state index in [9.17, 15) is 18.0 Å². The van der Waals surface area contributed by atoms with Gasteiger partial charge in [0.25, 0.3) is 5.91 Å². The van der Waals surface area contributed by atoms with Crippen LogP contribution in [0, 0.1) is 6.92 Å². The maximum Gasteiger partial charge on any atom is 0.411 e. The zero-order valence-corrected chi connectivity index (χ0v) is 15.6. The fourth-order valence-corrected chi connectivity index (χ4v) is 3.47. The number of pyridine rings is 1. The van der Waals surface area contributed by atoms with Gasteiger partial charge in [0, 0.05) is 11.6 Å². The number of hydrogen-bond donors (Lipinski definition) is 1. The molecule has 3 rings (SSSR count). The van der Waals surface area contributed by atoms with Crippen LogP contribution in [0.25, 0.3) is 11.3 Å². The fraction of sp³-hybridized carbons (Fsp3) is 0.429. The molecule has 28 heavy (non-hydrogen) atoms. The number of halogens is 3. The number of hydrogen-bond acceptors (Lipinski definition) is 3.